The summed E-state index contributed by atoms with van der Waals surface area (Å²) in [6, 6.07) is 8.22. The van der Waals surface area contributed by atoms with Gasteiger partial charge in [0.05, 0.1) is 7.11 Å². The lowest BCUT2D eigenvalue weighted by Gasteiger charge is -2.43. The van der Waals surface area contributed by atoms with E-state index in [1.807, 2.05) is 24.0 Å². The minimum Gasteiger partial charge on any atom is -0.497 e. The lowest BCUT2D eigenvalue weighted by Crippen LogP contribution is -2.56. The van der Waals surface area contributed by atoms with E-state index < -0.39 is 0 Å². The normalized spacial score (nSPS) is 19.2. The summed E-state index contributed by atoms with van der Waals surface area (Å²) < 4.78 is 5.24. The molecule has 2 N–H and O–H groups in total. The highest BCUT2D eigenvalue weighted by molar-refractivity contribution is 5.87. The van der Waals surface area contributed by atoms with Crippen LogP contribution in [0.4, 0.5) is 5.69 Å². The van der Waals surface area contributed by atoms with Gasteiger partial charge in [-0.1, -0.05) is 27.2 Å². The number of amides is 2. The number of hydrogen-bond donors (Lipinski definition) is 1. The summed E-state index contributed by atoms with van der Waals surface area (Å²) in [6.45, 7) is 10.4. The quantitative estimate of drug-likeness (QED) is 0.686. The van der Waals surface area contributed by atoms with Crippen molar-refractivity contribution in [3.8, 4) is 5.75 Å². The van der Waals surface area contributed by atoms with Gasteiger partial charge in [0.15, 0.2) is 0 Å². The van der Waals surface area contributed by atoms with Crippen LogP contribution in [-0.2, 0) is 9.59 Å². The topological polar surface area (TPSA) is 75.9 Å². The highest BCUT2D eigenvalue weighted by atomic mass is 16.5. The largest absolute Gasteiger partial charge is 0.497 e. The number of primary amides is 1. The molecule has 3 unspecified atom stereocenters. The molecule has 1 aliphatic heterocycles. The maximum absolute atomic E-state index is 13.4. The molecule has 3 atom stereocenters. The van der Waals surface area contributed by atoms with Crippen molar-refractivity contribution in [2.24, 2.45) is 23.5 Å². The summed E-state index contributed by atoms with van der Waals surface area (Å²) >= 11 is 0. The molecule has 0 aromatic heterocycles. The molecule has 6 heteroatoms. The van der Waals surface area contributed by atoms with E-state index in [-0.39, 0.29) is 29.7 Å². The van der Waals surface area contributed by atoms with Gasteiger partial charge in [-0.25, -0.2) is 0 Å². The van der Waals surface area contributed by atoms with Crippen LogP contribution in [0, 0.1) is 17.8 Å². The minimum atomic E-state index is -0.384. The predicted molar refractivity (Wildman–Crippen MR) is 117 cm³/mol. The van der Waals surface area contributed by atoms with Crippen LogP contribution in [0.15, 0.2) is 24.3 Å². The number of ether oxygens (including phenoxy) is 1. The van der Waals surface area contributed by atoms with Crippen molar-refractivity contribution in [1.82, 2.24) is 4.90 Å². The third-order valence-corrected chi connectivity index (χ3v) is 5.84. The van der Waals surface area contributed by atoms with Crippen molar-refractivity contribution in [1.29, 1.82) is 0 Å². The summed E-state index contributed by atoms with van der Waals surface area (Å²) in [7, 11) is 1.66. The molecule has 1 fully saturated rings. The van der Waals surface area contributed by atoms with Crippen molar-refractivity contribution >= 4 is 17.5 Å². The summed E-state index contributed by atoms with van der Waals surface area (Å²) in [4.78, 5) is 29.7. The minimum absolute atomic E-state index is 0.0807. The fourth-order valence-corrected chi connectivity index (χ4v) is 4.35. The van der Waals surface area contributed by atoms with Gasteiger partial charge in [-0.2, -0.15) is 0 Å². The van der Waals surface area contributed by atoms with E-state index in [4.69, 9.17) is 10.5 Å². The smallest absolute Gasteiger partial charge is 0.226 e. The van der Waals surface area contributed by atoms with E-state index in [1.165, 1.54) is 0 Å². The molecule has 1 aromatic rings. The van der Waals surface area contributed by atoms with Crippen LogP contribution >= 0.6 is 0 Å². The Kier molecular flexibility index (Phi) is 8.35. The SMILES string of the molecule is CCCC(C(N)=O)C(CC(C)C)C(=O)N1CCN(c2ccc(OC)cc2)C(C)C1. The van der Waals surface area contributed by atoms with Gasteiger partial charge in [0.1, 0.15) is 5.75 Å². The van der Waals surface area contributed by atoms with E-state index >= 15 is 0 Å². The second-order valence-electron chi connectivity index (χ2n) is 8.56. The number of hydrogen-bond acceptors (Lipinski definition) is 4. The molecule has 2 rings (SSSR count). The number of nitrogens with zero attached hydrogens (tertiary/aromatic N) is 2. The molecule has 1 aromatic carbocycles. The van der Waals surface area contributed by atoms with Crippen molar-refractivity contribution in [3.63, 3.8) is 0 Å². The average Bonchev–Trinajstić information content (AvgIpc) is 2.69. The summed E-state index contributed by atoms with van der Waals surface area (Å²) in [5.41, 5.74) is 6.82. The monoisotopic (exact) mass is 403 g/mol. The van der Waals surface area contributed by atoms with E-state index in [9.17, 15) is 9.59 Å². The lowest BCUT2D eigenvalue weighted by atomic mass is 9.81. The first-order valence-corrected chi connectivity index (χ1v) is 10.8. The first-order chi connectivity index (χ1) is 13.8. The second kappa shape index (κ2) is 10.5. The highest BCUT2D eigenvalue weighted by Crippen LogP contribution is 2.29. The number of carbonyl (C=O) groups is 2. The van der Waals surface area contributed by atoms with Gasteiger partial charge in [0.2, 0.25) is 11.8 Å². The number of nitrogens with two attached hydrogens (primary N) is 1. The van der Waals surface area contributed by atoms with Crippen LogP contribution in [-0.4, -0.2) is 49.5 Å². The predicted octanol–water partition coefficient (Wildman–Crippen LogP) is 3.30. The van der Waals surface area contributed by atoms with Gasteiger partial charge in [0.25, 0.3) is 0 Å². The van der Waals surface area contributed by atoms with Crippen LogP contribution < -0.4 is 15.4 Å². The zero-order valence-electron chi connectivity index (χ0n) is 18.6. The molecule has 1 saturated heterocycles. The number of rotatable bonds is 9. The summed E-state index contributed by atoms with van der Waals surface area (Å²) in [6.07, 6.45) is 2.20. The van der Waals surface area contributed by atoms with E-state index in [2.05, 4.69) is 37.8 Å². The van der Waals surface area contributed by atoms with Crippen LogP contribution in [0.25, 0.3) is 0 Å². The Morgan fingerprint density at radius 3 is 2.31 bits per heavy atom. The number of benzene rings is 1. The van der Waals surface area contributed by atoms with Crippen LogP contribution in [0.5, 0.6) is 5.75 Å². The third kappa shape index (κ3) is 5.87. The molecule has 0 bridgehead atoms. The molecule has 0 spiro atoms. The molecular weight excluding hydrogens is 366 g/mol. The van der Waals surface area contributed by atoms with Crippen LogP contribution in [0.1, 0.15) is 47.0 Å². The van der Waals surface area contributed by atoms with Crippen LogP contribution in [0.2, 0.25) is 0 Å². The van der Waals surface area contributed by atoms with Gasteiger partial charge in [-0.05, 0) is 49.9 Å². The van der Waals surface area contributed by atoms with Gasteiger partial charge in [-0.15, -0.1) is 0 Å². The Balaban J connectivity index is 2.12. The van der Waals surface area contributed by atoms with Crippen molar-refractivity contribution in [3.05, 3.63) is 24.3 Å². The first kappa shape index (κ1) is 23.0. The van der Waals surface area contributed by atoms with Gasteiger partial charge in [0, 0.05) is 43.2 Å². The molecule has 162 valence electrons. The Morgan fingerprint density at radius 1 is 1.17 bits per heavy atom. The number of piperazine rings is 1. The van der Waals surface area contributed by atoms with E-state index in [0.717, 1.165) is 24.4 Å². The summed E-state index contributed by atoms with van der Waals surface area (Å²) in [5.74, 6) is 0.186. The van der Waals surface area contributed by atoms with Gasteiger partial charge in [-0.3, -0.25) is 9.59 Å². The highest BCUT2D eigenvalue weighted by Gasteiger charge is 2.37. The summed E-state index contributed by atoms with van der Waals surface area (Å²) in [5, 5.41) is 0. The molecule has 0 saturated carbocycles. The first-order valence-electron chi connectivity index (χ1n) is 10.8. The maximum atomic E-state index is 13.4. The zero-order valence-corrected chi connectivity index (χ0v) is 18.6. The Bertz CT molecular complexity index is 674. The molecular formula is C23H37N3O3. The van der Waals surface area contributed by atoms with Crippen molar-refractivity contribution < 1.29 is 14.3 Å². The Hall–Kier alpha value is -2.24. The van der Waals surface area contributed by atoms with Crippen LogP contribution in [0.3, 0.4) is 0 Å². The zero-order chi connectivity index (χ0) is 21.6. The molecule has 29 heavy (non-hydrogen) atoms. The van der Waals surface area contributed by atoms with Gasteiger partial charge >= 0.3 is 0 Å². The van der Waals surface area contributed by atoms with Crippen molar-refractivity contribution in [2.75, 3.05) is 31.6 Å². The second-order valence-corrected chi connectivity index (χ2v) is 8.56. The van der Waals surface area contributed by atoms with E-state index in [1.54, 1.807) is 7.11 Å². The number of methoxy groups -OCH3 is 1. The lowest BCUT2D eigenvalue weighted by molar-refractivity contribution is -0.142. The Morgan fingerprint density at radius 2 is 1.83 bits per heavy atom. The molecule has 1 heterocycles. The van der Waals surface area contributed by atoms with E-state index in [0.29, 0.717) is 31.8 Å². The molecule has 2 amide bonds. The standard InChI is InChI=1S/C23H37N3O3/c1-6-7-20(22(24)27)21(14-16(2)3)23(28)25-12-13-26(17(4)15-25)18-8-10-19(29-5)11-9-18/h8-11,16-17,20-21H,6-7,12-15H2,1-5H3,(H2,24,27). The number of anilines is 1. The van der Waals surface area contributed by atoms with Crippen molar-refractivity contribution in [2.45, 2.75) is 53.0 Å². The average molecular weight is 404 g/mol. The third-order valence-electron chi connectivity index (χ3n) is 5.84. The maximum Gasteiger partial charge on any atom is 0.226 e. The molecule has 0 radical (unpaired) electrons. The fourth-order valence-electron chi connectivity index (χ4n) is 4.35. The molecule has 6 nitrogen and oxygen atoms in total. The Labute approximate surface area is 175 Å². The fraction of sp³-hybridized carbons (Fsp3) is 0.652. The molecule has 1 aliphatic rings. The number of carbonyl (C=O) groups excluding carboxylic acids is 2. The molecule has 0 aliphatic carbocycles. The van der Waals surface area contributed by atoms with Gasteiger partial charge < -0.3 is 20.3 Å².